The summed E-state index contributed by atoms with van der Waals surface area (Å²) in [5.41, 5.74) is 0.986. The number of Topliss-reactive ketones (excluding diaryl/α,β-unsaturated/α-hetero) is 1. The first-order valence-electron chi connectivity index (χ1n) is 5.17. The summed E-state index contributed by atoms with van der Waals surface area (Å²) in [4.78, 5) is 11.6. The molecule has 0 spiro atoms. The molecule has 88 valence electrons. The number of benzene rings is 1. The number of ketones is 1. The third-order valence-electron chi connectivity index (χ3n) is 1.94. The molecule has 3 nitrogen and oxygen atoms in total. The van der Waals surface area contributed by atoms with Crippen LogP contribution in [0, 0.1) is 0 Å². The fourth-order valence-electron chi connectivity index (χ4n) is 1.19. The second-order valence-corrected chi connectivity index (χ2v) is 3.71. The van der Waals surface area contributed by atoms with Crippen LogP contribution in [0.5, 0.6) is 5.75 Å². The number of ether oxygens (including phenoxy) is 2. The molecule has 0 heterocycles. The summed E-state index contributed by atoms with van der Waals surface area (Å²) in [5, 5.41) is 0. The molecule has 0 N–H and O–H groups in total. The Balaban J connectivity index is 2.62. The third kappa shape index (κ3) is 4.33. The normalized spacial score (nSPS) is 10.1. The SMILES string of the molecule is CCCOc1cccc(C(=O)COCBr)c1. The van der Waals surface area contributed by atoms with E-state index in [9.17, 15) is 4.79 Å². The van der Waals surface area contributed by atoms with Crippen LogP contribution in [0.25, 0.3) is 0 Å². The van der Waals surface area contributed by atoms with Gasteiger partial charge < -0.3 is 9.47 Å². The highest BCUT2D eigenvalue weighted by Crippen LogP contribution is 2.14. The lowest BCUT2D eigenvalue weighted by molar-refractivity contribution is 0.0835. The molecule has 0 aliphatic heterocycles. The Kier molecular flexibility index (Phi) is 6.11. The van der Waals surface area contributed by atoms with Crippen LogP contribution in [0.15, 0.2) is 24.3 Å². The van der Waals surface area contributed by atoms with Gasteiger partial charge in [0.15, 0.2) is 5.78 Å². The quantitative estimate of drug-likeness (QED) is 0.571. The zero-order valence-electron chi connectivity index (χ0n) is 9.24. The first-order valence-corrected chi connectivity index (χ1v) is 6.30. The highest BCUT2D eigenvalue weighted by molar-refractivity contribution is 9.09. The van der Waals surface area contributed by atoms with Crippen molar-refractivity contribution in [3.63, 3.8) is 0 Å². The molecule has 0 amide bonds. The predicted octanol–water partition coefficient (Wildman–Crippen LogP) is 3.03. The summed E-state index contributed by atoms with van der Waals surface area (Å²) in [7, 11) is 0. The highest BCUT2D eigenvalue weighted by atomic mass is 79.9. The summed E-state index contributed by atoms with van der Waals surface area (Å²) in [6.45, 7) is 2.79. The number of carbonyl (C=O) groups is 1. The van der Waals surface area contributed by atoms with E-state index in [1.165, 1.54) is 0 Å². The Morgan fingerprint density at radius 1 is 1.44 bits per heavy atom. The topological polar surface area (TPSA) is 35.5 Å². The van der Waals surface area contributed by atoms with Crippen LogP contribution in [0.2, 0.25) is 0 Å². The Bertz CT molecular complexity index is 339. The molecule has 0 fully saturated rings. The van der Waals surface area contributed by atoms with Crippen molar-refractivity contribution < 1.29 is 14.3 Å². The van der Waals surface area contributed by atoms with Crippen LogP contribution in [-0.4, -0.2) is 24.5 Å². The van der Waals surface area contributed by atoms with E-state index in [2.05, 4.69) is 15.9 Å². The average molecular weight is 287 g/mol. The predicted molar refractivity (Wildman–Crippen MR) is 66.3 cm³/mol. The molecule has 0 bridgehead atoms. The molecule has 0 saturated carbocycles. The van der Waals surface area contributed by atoms with Crippen LogP contribution in [0.3, 0.4) is 0 Å². The van der Waals surface area contributed by atoms with Crippen molar-refractivity contribution in [2.75, 3.05) is 18.7 Å². The first-order chi connectivity index (χ1) is 7.77. The lowest BCUT2D eigenvalue weighted by Gasteiger charge is -2.06. The molecule has 0 saturated heterocycles. The number of carbonyl (C=O) groups excluding carboxylic acids is 1. The monoisotopic (exact) mass is 286 g/mol. The van der Waals surface area contributed by atoms with Gasteiger partial charge in [-0.15, -0.1) is 0 Å². The molecule has 0 unspecified atom stereocenters. The van der Waals surface area contributed by atoms with Crippen LogP contribution >= 0.6 is 15.9 Å². The van der Waals surface area contributed by atoms with E-state index in [0.717, 1.165) is 12.2 Å². The van der Waals surface area contributed by atoms with Gasteiger partial charge in [-0.2, -0.15) is 0 Å². The fraction of sp³-hybridized carbons (Fsp3) is 0.417. The van der Waals surface area contributed by atoms with E-state index in [-0.39, 0.29) is 12.4 Å². The molecule has 4 heteroatoms. The Hall–Kier alpha value is -0.870. The maximum atomic E-state index is 11.6. The smallest absolute Gasteiger partial charge is 0.188 e. The minimum Gasteiger partial charge on any atom is -0.494 e. The van der Waals surface area contributed by atoms with E-state index in [1.54, 1.807) is 12.1 Å². The standard InChI is InChI=1S/C12H15BrO3/c1-2-6-16-11-5-3-4-10(7-11)12(14)8-15-9-13/h3-5,7H,2,6,8-9H2,1H3. The van der Waals surface area contributed by atoms with Crippen LogP contribution in [0.1, 0.15) is 23.7 Å². The summed E-state index contributed by atoms with van der Waals surface area (Å²) in [5.74, 6) is 0.688. The van der Waals surface area contributed by atoms with Crippen LogP contribution in [-0.2, 0) is 4.74 Å². The lowest BCUT2D eigenvalue weighted by atomic mass is 10.1. The molecular formula is C12H15BrO3. The molecule has 1 rings (SSSR count). The molecule has 1 aromatic carbocycles. The van der Waals surface area contributed by atoms with E-state index < -0.39 is 0 Å². The van der Waals surface area contributed by atoms with E-state index in [4.69, 9.17) is 9.47 Å². The van der Waals surface area contributed by atoms with E-state index in [0.29, 0.717) is 17.7 Å². The van der Waals surface area contributed by atoms with Crippen molar-refractivity contribution in [3.05, 3.63) is 29.8 Å². The molecule has 0 aromatic heterocycles. The van der Waals surface area contributed by atoms with Crippen molar-refractivity contribution in [3.8, 4) is 5.75 Å². The van der Waals surface area contributed by atoms with Crippen molar-refractivity contribution in [2.45, 2.75) is 13.3 Å². The van der Waals surface area contributed by atoms with Crippen molar-refractivity contribution in [2.24, 2.45) is 0 Å². The number of rotatable bonds is 7. The average Bonchev–Trinajstić information content (AvgIpc) is 2.33. The van der Waals surface area contributed by atoms with Gasteiger partial charge >= 0.3 is 0 Å². The van der Waals surface area contributed by atoms with Gasteiger partial charge in [0.1, 0.15) is 17.9 Å². The summed E-state index contributed by atoms with van der Waals surface area (Å²) < 4.78 is 10.4. The van der Waals surface area contributed by atoms with Crippen LogP contribution in [0.4, 0.5) is 0 Å². The molecule has 1 aromatic rings. The number of hydrogen-bond acceptors (Lipinski definition) is 3. The molecule has 0 atom stereocenters. The van der Waals surface area contributed by atoms with Gasteiger partial charge in [0.2, 0.25) is 0 Å². The van der Waals surface area contributed by atoms with E-state index in [1.807, 2.05) is 19.1 Å². The van der Waals surface area contributed by atoms with Crippen molar-refractivity contribution in [1.82, 2.24) is 0 Å². The van der Waals surface area contributed by atoms with Gasteiger partial charge in [-0.25, -0.2) is 0 Å². The number of hydrogen-bond donors (Lipinski definition) is 0. The van der Waals surface area contributed by atoms with Gasteiger partial charge in [0.25, 0.3) is 0 Å². The van der Waals surface area contributed by atoms with Crippen LogP contribution < -0.4 is 4.74 Å². The van der Waals surface area contributed by atoms with Gasteiger partial charge in [0.05, 0.1) is 6.61 Å². The minimum absolute atomic E-state index is 0.0404. The number of halogens is 1. The second-order valence-electron chi connectivity index (χ2n) is 3.26. The summed E-state index contributed by atoms with van der Waals surface area (Å²) >= 11 is 3.10. The largest absolute Gasteiger partial charge is 0.494 e. The van der Waals surface area contributed by atoms with E-state index >= 15 is 0 Å². The molecule has 0 aliphatic rings. The summed E-state index contributed by atoms with van der Waals surface area (Å²) in [6, 6.07) is 7.17. The Morgan fingerprint density at radius 2 is 2.25 bits per heavy atom. The zero-order chi connectivity index (χ0) is 11.8. The van der Waals surface area contributed by atoms with Gasteiger partial charge in [-0.1, -0.05) is 35.0 Å². The Labute approximate surface area is 104 Å². The first kappa shape index (κ1) is 13.2. The molecule has 16 heavy (non-hydrogen) atoms. The van der Waals surface area contributed by atoms with Crippen molar-refractivity contribution >= 4 is 21.7 Å². The fourth-order valence-corrected chi connectivity index (χ4v) is 1.36. The summed E-state index contributed by atoms with van der Waals surface area (Å²) in [6.07, 6.45) is 0.949. The maximum absolute atomic E-state index is 11.6. The van der Waals surface area contributed by atoms with Gasteiger partial charge in [0, 0.05) is 5.56 Å². The molecule has 0 radical (unpaired) electrons. The van der Waals surface area contributed by atoms with Gasteiger partial charge in [-0.05, 0) is 18.6 Å². The van der Waals surface area contributed by atoms with Crippen molar-refractivity contribution in [1.29, 1.82) is 0 Å². The zero-order valence-corrected chi connectivity index (χ0v) is 10.8. The minimum atomic E-state index is -0.0404. The molecule has 0 aliphatic carbocycles. The molecular weight excluding hydrogens is 272 g/mol. The number of alkyl halides is 1. The lowest BCUT2D eigenvalue weighted by Crippen LogP contribution is -2.08. The maximum Gasteiger partial charge on any atom is 0.188 e. The second kappa shape index (κ2) is 7.41. The Morgan fingerprint density at radius 3 is 2.94 bits per heavy atom. The van der Waals surface area contributed by atoms with Gasteiger partial charge in [-0.3, -0.25) is 4.79 Å². The third-order valence-corrected chi connectivity index (χ3v) is 2.26. The highest BCUT2D eigenvalue weighted by Gasteiger charge is 2.06.